The number of ether oxygens (including phenoxy) is 1. The van der Waals surface area contributed by atoms with Gasteiger partial charge in [0.2, 0.25) is 5.88 Å². The summed E-state index contributed by atoms with van der Waals surface area (Å²) in [6, 6.07) is 3.83. The predicted molar refractivity (Wildman–Crippen MR) is 78.9 cm³/mol. The minimum Gasteiger partial charge on any atom is -0.477 e. The second-order valence-corrected chi connectivity index (χ2v) is 5.39. The topological polar surface area (TPSA) is 51.2 Å². The van der Waals surface area contributed by atoms with E-state index in [2.05, 4.69) is 17.2 Å². The van der Waals surface area contributed by atoms with Gasteiger partial charge in [-0.3, -0.25) is 4.79 Å². The summed E-state index contributed by atoms with van der Waals surface area (Å²) in [6.07, 6.45) is 7.48. The highest BCUT2D eigenvalue weighted by Crippen LogP contribution is 2.27. The van der Waals surface area contributed by atoms with Gasteiger partial charge in [-0.2, -0.15) is 0 Å². The Morgan fingerprint density at radius 2 is 2.10 bits per heavy atom. The molecule has 2 rings (SSSR count). The van der Waals surface area contributed by atoms with Crippen molar-refractivity contribution in [1.82, 2.24) is 10.3 Å². The van der Waals surface area contributed by atoms with Crippen LogP contribution in [0.25, 0.3) is 0 Å². The van der Waals surface area contributed by atoms with Gasteiger partial charge in [0.1, 0.15) is 5.56 Å². The van der Waals surface area contributed by atoms with Crippen molar-refractivity contribution in [3.8, 4) is 5.88 Å². The van der Waals surface area contributed by atoms with E-state index < -0.39 is 0 Å². The number of hydrogen-bond donors (Lipinski definition) is 1. The summed E-state index contributed by atoms with van der Waals surface area (Å²) in [6.45, 7) is 4.65. The number of rotatable bonds is 5. The van der Waals surface area contributed by atoms with Crippen LogP contribution in [0.5, 0.6) is 5.88 Å². The normalized spacial score (nSPS) is 22.3. The molecule has 1 aromatic heterocycles. The van der Waals surface area contributed by atoms with Crippen LogP contribution in [0.4, 0.5) is 0 Å². The van der Waals surface area contributed by atoms with E-state index >= 15 is 0 Å². The van der Waals surface area contributed by atoms with Crippen molar-refractivity contribution in [2.45, 2.75) is 52.0 Å². The maximum Gasteiger partial charge on any atom is 0.256 e. The molecule has 4 nitrogen and oxygen atoms in total. The number of nitrogens with one attached hydrogen (secondary N) is 1. The second-order valence-electron chi connectivity index (χ2n) is 5.39. The van der Waals surface area contributed by atoms with Gasteiger partial charge in [-0.05, 0) is 50.7 Å². The van der Waals surface area contributed by atoms with Gasteiger partial charge in [0.15, 0.2) is 0 Å². The summed E-state index contributed by atoms with van der Waals surface area (Å²) in [5, 5.41) is 3.12. The fourth-order valence-electron chi connectivity index (χ4n) is 2.79. The van der Waals surface area contributed by atoms with Crippen LogP contribution in [-0.4, -0.2) is 23.5 Å². The summed E-state index contributed by atoms with van der Waals surface area (Å²) >= 11 is 0. The molecule has 0 spiro atoms. The molecule has 0 unspecified atom stereocenters. The first-order valence-corrected chi connectivity index (χ1v) is 7.63. The average molecular weight is 276 g/mol. The average Bonchev–Trinajstić information content (AvgIpc) is 2.49. The Bertz CT molecular complexity index is 440. The molecule has 1 saturated carbocycles. The first-order valence-electron chi connectivity index (χ1n) is 7.63. The minimum atomic E-state index is -0.0681. The van der Waals surface area contributed by atoms with Crippen molar-refractivity contribution in [1.29, 1.82) is 0 Å². The summed E-state index contributed by atoms with van der Waals surface area (Å²) in [7, 11) is 0. The Kier molecular flexibility index (Phi) is 5.39. The molecule has 0 saturated heterocycles. The predicted octanol–water partition coefficient (Wildman–Crippen LogP) is 3.18. The standard InChI is InChI=1S/C16H24N2O2/c1-3-12-7-9-13(10-8-12)18-15(19)14-6-5-11-17-16(14)20-4-2/h5-6,11-13H,3-4,7-10H2,1-2H3,(H,18,19). The number of aromatic nitrogens is 1. The highest BCUT2D eigenvalue weighted by atomic mass is 16.5. The molecule has 1 aliphatic carbocycles. The van der Waals surface area contributed by atoms with Gasteiger partial charge in [0, 0.05) is 12.2 Å². The molecular weight excluding hydrogens is 252 g/mol. The first kappa shape index (κ1) is 14.8. The Labute approximate surface area is 120 Å². The van der Waals surface area contributed by atoms with Gasteiger partial charge in [0.05, 0.1) is 6.61 Å². The van der Waals surface area contributed by atoms with Gasteiger partial charge < -0.3 is 10.1 Å². The smallest absolute Gasteiger partial charge is 0.256 e. The van der Waals surface area contributed by atoms with E-state index in [1.54, 1.807) is 18.3 Å². The Morgan fingerprint density at radius 1 is 1.35 bits per heavy atom. The van der Waals surface area contributed by atoms with Crippen LogP contribution in [0.15, 0.2) is 18.3 Å². The fourth-order valence-corrected chi connectivity index (χ4v) is 2.79. The molecule has 0 aromatic carbocycles. The molecule has 110 valence electrons. The van der Waals surface area contributed by atoms with Gasteiger partial charge in [0.25, 0.3) is 5.91 Å². The number of hydrogen-bond acceptors (Lipinski definition) is 3. The maximum atomic E-state index is 12.3. The zero-order valence-electron chi connectivity index (χ0n) is 12.4. The number of nitrogens with zero attached hydrogens (tertiary/aromatic N) is 1. The lowest BCUT2D eigenvalue weighted by molar-refractivity contribution is 0.0917. The van der Waals surface area contributed by atoms with E-state index in [0.717, 1.165) is 18.8 Å². The molecule has 0 bridgehead atoms. The Balaban J connectivity index is 1.95. The lowest BCUT2D eigenvalue weighted by atomic mass is 9.84. The molecule has 1 amide bonds. The minimum absolute atomic E-state index is 0.0681. The van der Waals surface area contributed by atoms with Crippen LogP contribution in [0.2, 0.25) is 0 Å². The molecule has 0 radical (unpaired) electrons. The SMILES string of the molecule is CCOc1ncccc1C(=O)NC1CCC(CC)CC1. The molecule has 1 aliphatic rings. The third-order valence-electron chi connectivity index (χ3n) is 4.06. The van der Waals surface area contributed by atoms with Crippen molar-refractivity contribution in [3.63, 3.8) is 0 Å². The zero-order chi connectivity index (χ0) is 14.4. The van der Waals surface area contributed by atoms with Crippen LogP contribution in [0, 0.1) is 5.92 Å². The molecule has 1 N–H and O–H groups in total. The number of amides is 1. The Hall–Kier alpha value is -1.58. The van der Waals surface area contributed by atoms with E-state index in [-0.39, 0.29) is 5.91 Å². The van der Waals surface area contributed by atoms with Crippen LogP contribution < -0.4 is 10.1 Å². The Morgan fingerprint density at radius 3 is 2.75 bits per heavy atom. The van der Waals surface area contributed by atoms with E-state index in [0.29, 0.717) is 24.1 Å². The molecular formula is C16H24N2O2. The number of pyridine rings is 1. The molecule has 1 fully saturated rings. The van der Waals surface area contributed by atoms with Crippen molar-refractivity contribution < 1.29 is 9.53 Å². The summed E-state index contributed by atoms with van der Waals surface area (Å²) in [5.41, 5.74) is 0.534. The quantitative estimate of drug-likeness (QED) is 0.898. The molecule has 1 heterocycles. The molecule has 1 aromatic rings. The highest BCUT2D eigenvalue weighted by molar-refractivity contribution is 5.96. The van der Waals surface area contributed by atoms with E-state index in [9.17, 15) is 4.79 Å². The third-order valence-corrected chi connectivity index (χ3v) is 4.06. The summed E-state index contributed by atoms with van der Waals surface area (Å²) < 4.78 is 5.41. The van der Waals surface area contributed by atoms with Gasteiger partial charge >= 0.3 is 0 Å². The van der Waals surface area contributed by atoms with Crippen LogP contribution >= 0.6 is 0 Å². The summed E-state index contributed by atoms with van der Waals surface area (Å²) in [5.74, 6) is 1.19. The van der Waals surface area contributed by atoms with Gasteiger partial charge in [-0.1, -0.05) is 13.3 Å². The number of carbonyl (C=O) groups excluding carboxylic acids is 1. The molecule has 4 heteroatoms. The largest absolute Gasteiger partial charge is 0.477 e. The van der Waals surface area contributed by atoms with Crippen molar-refractivity contribution in [2.24, 2.45) is 5.92 Å². The lowest BCUT2D eigenvalue weighted by Crippen LogP contribution is -2.37. The zero-order valence-corrected chi connectivity index (χ0v) is 12.4. The monoisotopic (exact) mass is 276 g/mol. The number of carbonyl (C=O) groups is 1. The van der Waals surface area contributed by atoms with Gasteiger partial charge in [-0.15, -0.1) is 0 Å². The second kappa shape index (κ2) is 7.27. The van der Waals surface area contributed by atoms with Crippen LogP contribution in [-0.2, 0) is 0 Å². The highest BCUT2D eigenvalue weighted by Gasteiger charge is 2.23. The molecule has 0 atom stereocenters. The van der Waals surface area contributed by atoms with Crippen molar-refractivity contribution in [2.75, 3.05) is 6.61 Å². The molecule has 20 heavy (non-hydrogen) atoms. The maximum absolute atomic E-state index is 12.3. The first-order chi connectivity index (χ1) is 9.74. The third kappa shape index (κ3) is 3.71. The lowest BCUT2D eigenvalue weighted by Gasteiger charge is -2.28. The van der Waals surface area contributed by atoms with Gasteiger partial charge in [-0.25, -0.2) is 4.98 Å². The fraction of sp³-hybridized carbons (Fsp3) is 0.625. The van der Waals surface area contributed by atoms with E-state index in [4.69, 9.17) is 4.74 Å². The van der Waals surface area contributed by atoms with Crippen LogP contribution in [0.1, 0.15) is 56.3 Å². The van der Waals surface area contributed by atoms with E-state index in [1.165, 1.54) is 19.3 Å². The molecule has 0 aliphatic heterocycles. The summed E-state index contributed by atoms with van der Waals surface area (Å²) in [4.78, 5) is 16.5. The van der Waals surface area contributed by atoms with Crippen LogP contribution in [0.3, 0.4) is 0 Å². The van der Waals surface area contributed by atoms with Crippen molar-refractivity contribution in [3.05, 3.63) is 23.9 Å². The van der Waals surface area contributed by atoms with Crippen molar-refractivity contribution >= 4 is 5.91 Å². The van der Waals surface area contributed by atoms with E-state index in [1.807, 2.05) is 6.92 Å².